The van der Waals surface area contributed by atoms with Crippen molar-refractivity contribution >= 4 is 33.6 Å². The number of fused-ring (bicyclic) bond motifs is 1. The Labute approximate surface area is 94.8 Å². The molecule has 1 heterocycles. The Morgan fingerprint density at radius 3 is 2.57 bits per heavy atom. The molecule has 0 aliphatic carbocycles. The molecule has 0 aliphatic rings. The van der Waals surface area contributed by atoms with Gasteiger partial charge in [-0.2, -0.15) is 4.74 Å². The number of alkyl halides is 1. The molecule has 14 heavy (non-hydrogen) atoms. The van der Waals surface area contributed by atoms with Crippen LogP contribution in [0, 0.1) is 0 Å². The quantitative estimate of drug-likeness (QED) is 0.600. The largest absolute Gasteiger partial charge is 0.374 e. The number of nitrogens with zero attached hydrogens (tertiary/aromatic N) is 1. The average Bonchev–Trinajstić information content (AvgIpc) is 2.44. The van der Waals surface area contributed by atoms with Crippen LogP contribution in [0.4, 0.5) is 0 Å². The predicted molar refractivity (Wildman–Crippen MR) is 63.8 cm³/mol. The molecule has 0 atom stereocenters. The van der Waals surface area contributed by atoms with Gasteiger partial charge in [0.05, 0.1) is 5.39 Å². The minimum Gasteiger partial charge on any atom is -0.374 e. The molecular weight excluding hydrogens is 293 g/mol. The van der Waals surface area contributed by atoms with Crippen LogP contribution in [-0.2, 0) is 3.55 Å². The fraction of sp³-hybridized carbons (Fsp3) is 0.300. The zero-order valence-corrected chi connectivity index (χ0v) is 10.1. The first-order chi connectivity index (χ1) is 6.50. The van der Waals surface area contributed by atoms with E-state index in [1.165, 1.54) is 4.74 Å². The van der Waals surface area contributed by atoms with Gasteiger partial charge in [-0.25, -0.2) is 0 Å². The molecule has 0 saturated carbocycles. The molecule has 1 aromatic carbocycles. The van der Waals surface area contributed by atoms with Crippen LogP contribution in [0.25, 0.3) is 11.0 Å². The highest BCUT2D eigenvalue weighted by Gasteiger charge is 2.22. The van der Waals surface area contributed by atoms with E-state index in [2.05, 4.69) is 22.6 Å². The maximum atomic E-state index is 11.8. The van der Waals surface area contributed by atoms with Crippen LogP contribution in [0.15, 0.2) is 33.6 Å². The van der Waals surface area contributed by atoms with Gasteiger partial charge in [0.25, 0.3) is 5.56 Å². The molecule has 0 bridgehead atoms. The van der Waals surface area contributed by atoms with Gasteiger partial charge < -0.3 is 4.52 Å². The fourth-order valence-electron chi connectivity index (χ4n) is 1.32. The Balaban J connectivity index is 2.82. The first-order valence-corrected chi connectivity index (χ1v) is 5.38. The van der Waals surface area contributed by atoms with Gasteiger partial charge in [-0.3, -0.25) is 4.79 Å². The molecule has 3 nitrogen and oxygen atoms in total. The van der Waals surface area contributed by atoms with Gasteiger partial charge in [0.1, 0.15) is 3.55 Å². The summed E-state index contributed by atoms with van der Waals surface area (Å²) in [7, 11) is 0. The molecule has 74 valence electrons. The molecule has 0 unspecified atom stereocenters. The lowest BCUT2D eigenvalue weighted by molar-refractivity contribution is 0.239. The average molecular weight is 303 g/mol. The van der Waals surface area contributed by atoms with Crippen molar-refractivity contribution in [3.63, 3.8) is 0 Å². The number of benzene rings is 1. The first-order valence-electron chi connectivity index (χ1n) is 4.30. The first kappa shape index (κ1) is 9.76. The molecular formula is C10H10INO2. The van der Waals surface area contributed by atoms with E-state index in [0.29, 0.717) is 11.0 Å². The topological polar surface area (TPSA) is 35.1 Å². The van der Waals surface area contributed by atoms with Gasteiger partial charge in [0, 0.05) is 0 Å². The number of aromatic nitrogens is 1. The SMILES string of the molecule is CC(C)(I)n1oc2ccccc2c1=O. The molecule has 0 radical (unpaired) electrons. The van der Waals surface area contributed by atoms with E-state index < -0.39 is 0 Å². The van der Waals surface area contributed by atoms with E-state index in [1.807, 2.05) is 26.0 Å². The van der Waals surface area contributed by atoms with Crippen molar-refractivity contribution in [2.75, 3.05) is 0 Å². The van der Waals surface area contributed by atoms with Crippen molar-refractivity contribution in [1.82, 2.24) is 4.74 Å². The number of hydrogen-bond acceptors (Lipinski definition) is 2. The Morgan fingerprint density at radius 1 is 1.36 bits per heavy atom. The zero-order valence-electron chi connectivity index (χ0n) is 7.95. The van der Waals surface area contributed by atoms with Gasteiger partial charge in [-0.15, -0.1) is 0 Å². The second-order valence-corrected chi connectivity index (χ2v) is 6.24. The van der Waals surface area contributed by atoms with Crippen molar-refractivity contribution in [1.29, 1.82) is 0 Å². The van der Waals surface area contributed by atoms with Gasteiger partial charge in [0.2, 0.25) is 0 Å². The van der Waals surface area contributed by atoms with Gasteiger partial charge in [-0.1, -0.05) is 34.7 Å². The van der Waals surface area contributed by atoms with Crippen LogP contribution in [0.1, 0.15) is 13.8 Å². The fourth-order valence-corrected chi connectivity index (χ4v) is 1.64. The van der Waals surface area contributed by atoms with Gasteiger partial charge >= 0.3 is 0 Å². The smallest absolute Gasteiger partial charge is 0.291 e. The standard InChI is InChI=1S/C10H10INO2/c1-10(2,11)12-9(13)7-5-3-4-6-8(7)14-12/h3-6H,1-2H3. The lowest BCUT2D eigenvalue weighted by Gasteiger charge is -2.14. The molecule has 0 amide bonds. The third kappa shape index (κ3) is 1.47. The summed E-state index contributed by atoms with van der Waals surface area (Å²) in [5.41, 5.74) is 0.572. The van der Waals surface area contributed by atoms with Crippen LogP contribution in [-0.4, -0.2) is 4.74 Å². The van der Waals surface area contributed by atoms with Crippen molar-refractivity contribution < 1.29 is 4.52 Å². The number of para-hydroxylation sites is 1. The van der Waals surface area contributed by atoms with Crippen molar-refractivity contribution in [3.8, 4) is 0 Å². The lowest BCUT2D eigenvalue weighted by atomic mass is 10.3. The van der Waals surface area contributed by atoms with Crippen LogP contribution < -0.4 is 5.56 Å². The number of rotatable bonds is 1. The second-order valence-electron chi connectivity index (χ2n) is 3.60. The summed E-state index contributed by atoms with van der Waals surface area (Å²) < 4.78 is 6.52. The summed E-state index contributed by atoms with van der Waals surface area (Å²) in [6, 6.07) is 7.27. The third-order valence-corrected chi connectivity index (χ3v) is 2.41. The number of hydrogen-bond donors (Lipinski definition) is 0. The van der Waals surface area contributed by atoms with Crippen molar-refractivity contribution in [2.45, 2.75) is 17.4 Å². The zero-order chi connectivity index (χ0) is 10.3. The monoisotopic (exact) mass is 303 g/mol. The van der Waals surface area contributed by atoms with E-state index >= 15 is 0 Å². The molecule has 2 aromatic rings. The second kappa shape index (κ2) is 3.12. The van der Waals surface area contributed by atoms with Crippen molar-refractivity contribution in [2.24, 2.45) is 0 Å². The van der Waals surface area contributed by atoms with E-state index in [0.717, 1.165) is 0 Å². The Kier molecular flexibility index (Phi) is 2.17. The van der Waals surface area contributed by atoms with Crippen LogP contribution in [0.3, 0.4) is 0 Å². The van der Waals surface area contributed by atoms with Gasteiger partial charge in [-0.05, 0) is 26.0 Å². The third-order valence-electron chi connectivity index (χ3n) is 1.97. The molecule has 0 fully saturated rings. The Morgan fingerprint density at radius 2 is 2.00 bits per heavy atom. The minimum atomic E-state index is -0.339. The Bertz CT molecular complexity index is 519. The van der Waals surface area contributed by atoms with E-state index in [4.69, 9.17) is 4.52 Å². The Hall–Kier alpha value is -0.780. The summed E-state index contributed by atoms with van der Waals surface area (Å²) in [5, 5.41) is 0.636. The minimum absolute atomic E-state index is 0.0694. The van der Waals surface area contributed by atoms with Crippen LogP contribution in [0.2, 0.25) is 0 Å². The molecule has 4 heteroatoms. The molecule has 1 aromatic heterocycles. The van der Waals surface area contributed by atoms with E-state index in [9.17, 15) is 4.79 Å². The summed E-state index contributed by atoms with van der Waals surface area (Å²) in [4.78, 5) is 11.8. The molecule has 0 saturated heterocycles. The normalized spacial score (nSPS) is 12.2. The highest BCUT2D eigenvalue weighted by atomic mass is 127. The van der Waals surface area contributed by atoms with E-state index in [-0.39, 0.29) is 9.10 Å². The molecule has 0 N–H and O–H groups in total. The summed E-state index contributed by atoms with van der Waals surface area (Å²) in [5.74, 6) is 0. The molecule has 0 aliphatic heterocycles. The molecule has 0 spiro atoms. The number of halogens is 1. The summed E-state index contributed by atoms with van der Waals surface area (Å²) in [6.07, 6.45) is 0. The summed E-state index contributed by atoms with van der Waals surface area (Å²) in [6.45, 7) is 3.86. The predicted octanol–water partition coefficient (Wildman–Crippen LogP) is 2.72. The van der Waals surface area contributed by atoms with Crippen LogP contribution >= 0.6 is 22.6 Å². The van der Waals surface area contributed by atoms with E-state index in [1.54, 1.807) is 12.1 Å². The molecule has 2 rings (SSSR count). The van der Waals surface area contributed by atoms with Crippen LogP contribution in [0.5, 0.6) is 0 Å². The van der Waals surface area contributed by atoms with Crippen molar-refractivity contribution in [3.05, 3.63) is 34.6 Å². The summed E-state index contributed by atoms with van der Waals surface area (Å²) >= 11 is 2.17. The maximum Gasteiger partial charge on any atom is 0.291 e. The highest BCUT2D eigenvalue weighted by Crippen LogP contribution is 2.24. The highest BCUT2D eigenvalue weighted by molar-refractivity contribution is 14.1. The maximum absolute atomic E-state index is 11.8. The van der Waals surface area contributed by atoms with Gasteiger partial charge in [0.15, 0.2) is 5.58 Å². The lowest BCUT2D eigenvalue weighted by Crippen LogP contribution is -2.27.